The third-order valence-electron chi connectivity index (χ3n) is 8.28. The van der Waals surface area contributed by atoms with Crippen molar-refractivity contribution in [3.63, 3.8) is 0 Å². The predicted octanol–water partition coefficient (Wildman–Crippen LogP) is 3.78. The van der Waals surface area contributed by atoms with Crippen molar-refractivity contribution in [2.45, 2.75) is 49.8 Å². The van der Waals surface area contributed by atoms with Crippen LogP contribution >= 0.6 is 0 Å². The number of hydrogen-bond acceptors (Lipinski definition) is 8. The molecular weight excluding hydrogens is 601 g/mol. The van der Waals surface area contributed by atoms with Crippen LogP contribution in [0.4, 0.5) is 19.0 Å². The Labute approximate surface area is 251 Å². The topological polar surface area (TPSA) is 130 Å². The number of nitrogens with zero attached hydrogens (tertiary/aromatic N) is 6. The molecule has 1 N–H and O–H groups in total. The Hall–Kier alpha value is -4.08. The van der Waals surface area contributed by atoms with Crippen molar-refractivity contribution >= 4 is 27.5 Å². The third kappa shape index (κ3) is 5.28. The number of carboxylic acid groups (broad SMARTS) is 1. The Kier molecular flexibility index (Phi) is 7.58. The average Bonchev–Trinajstić information content (AvgIpc) is 3.40. The molecule has 4 aromatic rings. The highest BCUT2D eigenvalue weighted by Gasteiger charge is 2.40. The van der Waals surface area contributed by atoms with E-state index in [0.29, 0.717) is 47.8 Å². The molecule has 0 unspecified atom stereocenters. The maximum absolute atomic E-state index is 14.0. The number of pyridine rings is 2. The van der Waals surface area contributed by atoms with E-state index in [1.807, 2.05) is 11.8 Å². The van der Waals surface area contributed by atoms with Crippen LogP contribution in [0.5, 0.6) is 0 Å². The van der Waals surface area contributed by atoms with Crippen LogP contribution in [-0.4, -0.2) is 75.7 Å². The Bertz CT molecular complexity index is 1860. The number of alkyl halides is 3. The van der Waals surface area contributed by atoms with Crippen molar-refractivity contribution < 1.29 is 36.2 Å². The lowest BCUT2D eigenvalue weighted by atomic mass is 9.85. The molecule has 1 fully saturated rings. The number of carboxylic acids is 1. The van der Waals surface area contributed by atoms with E-state index in [9.17, 15) is 31.5 Å². The maximum atomic E-state index is 14.0. The largest absolute Gasteiger partial charge is 0.481 e. The first-order chi connectivity index (χ1) is 20.9. The lowest BCUT2D eigenvalue weighted by molar-refractivity contribution is -0.145. The van der Waals surface area contributed by atoms with Gasteiger partial charge in [0.2, 0.25) is 15.8 Å². The Morgan fingerprint density at radius 3 is 2.73 bits per heavy atom. The third-order valence-corrected chi connectivity index (χ3v) is 10.1. The molecule has 3 aromatic heterocycles. The van der Waals surface area contributed by atoms with E-state index in [4.69, 9.17) is 4.74 Å². The number of morpholine rings is 1. The van der Waals surface area contributed by atoms with E-state index in [0.717, 1.165) is 9.96 Å². The van der Waals surface area contributed by atoms with Crippen molar-refractivity contribution in [2.75, 3.05) is 31.2 Å². The Balaban J connectivity index is 1.40. The summed E-state index contributed by atoms with van der Waals surface area (Å²) in [4.78, 5) is 18.5. The van der Waals surface area contributed by atoms with Crippen molar-refractivity contribution in [1.29, 1.82) is 0 Å². The number of sulfonamides is 1. The highest BCUT2D eigenvalue weighted by atomic mass is 32.2. The van der Waals surface area contributed by atoms with Crippen LogP contribution < -0.4 is 4.90 Å². The van der Waals surface area contributed by atoms with Crippen LogP contribution in [0.15, 0.2) is 53.7 Å². The van der Waals surface area contributed by atoms with Crippen molar-refractivity contribution in [3.8, 4) is 0 Å². The molecule has 2 aliphatic rings. The predicted molar refractivity (Wildman–Crippen MR) is 152 cm³/mol. The standard InChI is InChI=1S/C29H29F3N6O5S/c1-17-5-6-19(23(13-25(39)40)22-7-9-38-26(18(22)2)34-35-28(38)29(30,31)32)12-20(17)14-36-15-21-16-43-11-10-37(21)27-24(44(36,41)42)4-3-8-33-27/h3-9,12,21,23H,10-11,13-16H2,1-2H3,(H,39,40)/t21-,23+/m0/s1. The zero-order valence-corrected chi connectivity index (χ0v) is 24.6. The van der Waals surface area contributed by atoms with Crippen LogP contribution in [0, 0.1) is 13.8 Å². The number of fused-ring (bicyclic) bond motifs is 4. The quantitative estimate of drug-likeness (QED) is 0.338. The lowest BCUT2D eigenvalue weighted by Gasteiger charge is -2.36. The first kappa shape index (κ1) is 30.0. The number of aliphatic carboxylic acids is 1. The minimum Gasteiger partial charge on any atom is -0.481 e. The first-order valence-corrected chi connectivity index (χ1v) is 15.3. The van der Waals surface area contributed by atoms with Gasteiger partial charge >= 0.3 is 12.1 Å². The SMILES string of the molecule is Cc1ccc([C@@H](CC(=O)O)c2ccn3c(C(F)(F)F)nnc3c2C)cc1CN1C[C@H]2COCCN2c2ncccc2S1(=O)=O. The minimum atomic E-state index is -4.72. The summed E-state index contributed by atoms with van der Waals surface area (Å²) >= 11 is 0. The summed E-state index contributed by atoms with van der Waals surface area (Å²) in [6.07, 6.45) is -2.31. The van der Waals surface area contributed by atoms with Crippen molar-refractivity contribution in [2.24, 2.45) is 0 Å². The molecule has 2 atom stereocenters. The molecule has 6 rings (SSSR count). The van der Waals surface area contributed by atoms with Gasteiger partial charge in [-0.25, -0.2) is 13.4 Å². The van der Waals surface area contributed by atoms with E-state index in [1.54, 1.807) is 43.5 Å². The normalized spacial score (nSPS) is 19.3. The number of aryl methyl sites for hydroxylation is 2. The Morgan fingerprint density at radius 1 is 1.18 bits per heavy atom. The number of benzene rings is 1. The summed E-state index contributed by atoms with van der Waals surface area (Å²) < 4.78 is 76.2. The number of rotatable bonds is 6. The molecule has 0 bridgehead atoms. The highest BCUT2D eigenvalue weighted by molar-refractivity contribution is 7.89. The summed E-state index contributed by atoms with van der Waals surface area (Å²) in [7, 11) is -3.97. The smallest absolute Gasteiger partial charge is 0.452 e. The first-order valence-electron chi connectivity index (χ1n) is 13.9. The minimum absolute atomic E-state index is 0.0115. The molecule has 11 nitrogen and oxygen atoms in total. The second-order valence-corrected chi connectivity index (χ2v) is 12.9. The Morgan fingerprint density at radius 2 is 1.98 bits per heavy atom. The molecule has 0 spiro atoms. The zero-order chi connectivity index (χ0) is 31.4. The summed E-state index contributed by atoms with van der Waals surface area (Å²) in [6.45, 7) is 4.88. The van der Waals surface area contributed by atoms with Gasteiger partial charge in [-0.15, -0.1) is 10.2 Å². The van der Waals surface area contributed by atoms with Crippen LogP contribution in [-0.2, 0) is 32.3 Å². The fraction of sp³-hybridized carbons (Fsp3) is 0.379. The van der Waals surface area contributed by atoms with Gasteiger partial charge < -0.3 is 14.7 Å². The summed E-state index contributed by atoms with van der Waals surface area (Å²) in [5.74, 6) is -2.64. The van der Waals surface area contributed by atoms with Crippen LogP contribution in [0.3, 0.4) is 0 Å². The van der Waals surface area contributed by atoms with Gasteiger partial charge in [0.1, 0.15) is 10.7 Å². The van der Waals surface area contributed by atoms with E-state index in [-0.39, 0.29) is 36.1 Å². The maximum Gasteiger partial charge on any atom is 0.452 e. The highest BCUT2D eigenvalue weighted by Crippen LogP contribution is 2.37. The van der Waals surface area contributed by atoms with Crippen LogP contribution in [0.25, 0.3) is 5.65 Å². The van der Waals surface area contributed by atoms with Gasteiger partial charge in [0, 0.05) is 37.9 Å². The van der Waals surface area contributed by atoms with Crippen LogP contribution in [0.1, 0.15) is 46.0 Å². The lowest BCUT2D eigenvalue weighted by Crippen LogP contribution is -2.50. The van der Waals surface area contributed by atoms with Gasteiger partial charge in [0.05, 0.1) is 25.7 Å². The van der Waals surface area contributed by atoms with E-state index >= 15 is 0 Å². The molecule has 1 saturated heterocycles. The molecule has 1 aromatic carbocycles. The fourth-order valence-electron chi connectivity index (χ4n) is 6.02. The number of ether oxygens (including phenoxy) is 1. The molecule has 0 amide bonds. The summed E-state index contributed by atoms with van der Waals surface area (Å²) in [5.41, 5.74) is 2.85. The van der Waals surface area contributed by atoms with Crippen molar-refractivity contribution in [3.05, 3.63) is 82.4 Å². The monoisotopic (exact) mass is 630 g/mol. The molecule has 0 radical (unpaired) electrons. The van der Waals surface area contributed by atoms with Crippen molar-refractivity contribution in [1.82, 2.24) is 23.9 Å². The van der Waals surface area contributed by atoms with Gasteiger partial charge in [-0.05, 0) is 59.9 Å². The molecule has 44 heavy (non-hydrogen) atoms. The molecular formula is C29H29F3N6O5S. The number of halogens is 3. The fourth-order valence-corrected chi connectivity index (χ4v) is 7.63. The van der Waals surface area contributed by atoms with E-state index in [2.05, 4.69) is 15.2 Å². The zero-order valence-electron chi connectivity index (χ0n) is 23.8. The summed E-state index contributed by atoms with van der Waals surface area (Å²) in [5, 5.41) is 16.9. The number of aromatic nitrogens is 4. The number of anilines is 1. The number of carbonyl (C=O) groups is 1. The summed E-state index contributed by atoms with van der Waals surface area (Å²) in [6, 6.07) is 9.66. The van der Waals surface area contributed by atoms with Gasteiger partial charge in [-0.1, -0.05) is 18.2 Å². The van der Waals surface area contributed by atoms with Gasteiger partial charge in [-0.2, -0.15) is 17.5 Å². The molecule has 5 heterocycles. The van der Waals surface area contributed by atoms with E-state index in [1.165, 1.54) is 16.6 Å². The van der Waals surface area contributed by atoms with Crippen LogP contribution in [0.2, 0.25) is 0 Å². The second kappa shape index (κ2) is 11.1. The molecule has 232 valence electrons. The van der Waals surface area contributed by atoms with E-state index < -0.39 is 33.9 Å². The molecule has 15 heteroatoms. The number of hydrogen-bond donors (Lipinski definition) is 1. The van der Waals surface area contributed by atoms with Gasteiger partial charge in [-0.3, -0.25) is 9.20 Å². The molecule has 0 saturated carbocycles. The second-order valence-electron chi connectivity index (χ2n) is 11.0. The van der Waals surface area contributed by atoms with Gasteiger partial charge in [0.15, 0.2) is 5.65 Å². The van der Waals surface area contributed by atoms with Gasteiger partial charge in [0.25, 0.3) is 0 Å². The average molecular weight is 631 g/mol. The molecule has 2 aliphatic heterocycles. The molecule has 0 aliphatic carbocycles.